The van der Waals surface area contributed by atoms with Gasteiger partial charge in [0.2, 0.25) is 0 Å². The lowest BCUT2D eigenvalue weighted by Crippen LogP contribution is -2.13. The highest BCUT2D eigenvalue weighted by atomic mass is 16.5. The molecule has 1 aromatic carbocycles. The van der Waals surface area contributed by atoms with Gasteiger partial charge in [0.25, 0.3) is 0 Å². The Bertz CT molecular complexity index is 308. The van der Waals surface area contributed by atoms with Crippen LogP contribution in [0.3, 0.4) is 0 Å². The number of benzene rings is 1. The van der Waals surface area contributed by atoms with Crippen molar-refractivity contribution in [3.05, 3.63) is 23.8 Å². The van der Waals surface area contributed by atoms with Crippen molar-refractivity contribution in [1.29, 1.82) is 0 Å². The predicted octanol–water partition coefficient (Wildman–Crippen LogP) is 2.02. The second kappa shape index (κ2) is 5.61. The van der Waals surface area contributed by atoms with Crippen molar-refractivity contribution in [2.24, 2.45) is 0 Å². The summed E-state index contributed by atoms with van der Waals surface area (Å²) in [4.78, 5) is 0. The number of aliphatic hydroxyl groups excluding tert-OH is 1. The molecule has 1 atom stereocenters. The standard InChI is InChI=1S/C12H18O3/c1-4-10-5-6-11(12(7-10)14-3)15-8-9(2)13/h5-7,9,13H,4,8H2,1-3H3. The minimum atomic E-state index is -0.472. The summed E-state index contributed by atoms with van der Waals surface area (Å²) in [6, 6.07) is 5.83. The van der Waals surface area contributed by atoms with Gasteiger partial charge in [0.15, 0.2) is 11.5 Å². The van der Waals surface area contributed by atoms with E-state index in [1.54, 1.807) is 14.0 Å². The first-order chi connectivity index (χ1) is 7.17. The third-order valence-corrected chi connectivity index (χ3v) is 2.12. The van der Waals surface area contributed by atoms with Gasteiger partial charge < -0.3 is 14.6 Å². The summed E-state index contributed by atoms with van der Waals surface area (Å²) in [5.41, 5.74) is 1.20. The normalized spacial score (nSPS) is 12.3. The van der Waals surface area contributed by atoms with Crippen LogP contribution in [0.4, 0.5) is 0 Å². The van der Waals surface area contributed by atoms with Crippen LogP contribution in [0.1, 0.15) is 19.4 Å². The molecule has 0 radical (unpaired) electrons. The van der Waals surface area contributed by atoms with Gasteiger partial charge in [0.05, 0.1) is 13.2 Å². The molecule has 0 aliphatic rings. The van der Waals surface area contributed by atoms with Gasteiger partial charge in [0.1, 0.15) is 6.61 Å². The van der Waals surface area contributed by atoms with Crippen molar-refractivity contribution in [1.82, 2.24) is 0 Å². The molecular weight excluding hydrogens is 192 g/mol. The Labute approximate surface area is 90.6 Å². The Kier molecular flexibility index (Phi) is 4.43. The summed E-state index contributed by atoms with van der Waals surface area (Å²) in [5, 5.41) is 9.11. The molecule has 0 saturated carbocycles. The van der Waals surface area contributed by atoms with Crippen LogP contribution in [0.15, 0.2) is 18.2 Å². The Balaban J connectivity index is 2.78. The molecule has 0 aromatic heterocycles. The number of methoxy groups -OCH3 is 1. The summed E-state index contributed by atoms with van der Waals surface area (Å²) in [7, 11) is 1.62. The molecule has 1 aromatic rings. The lowest BCUT2D eigenvalue weighted by Gasteiger charge is -2.12. The van der Waals surface area contributed by atoms with Crippen LogP contribution in [0.2, 0.25) is 0 Å². The summed E-state index contributed by atoms with van der Waals surface area (Å²) >= 11 is 0. The van der Waals surface area contributed by atoms with E-state index in [4.69, 9.17) is 14.6 Å². The fourth-order valence-electron chi connectivity index (χ4n) is 1.26. The predicted molar refractivity (Wildman–Crippen MR) is 59.5 cm³/mol. The van der Waals surface area contributed by atoms with Crippen molar-refractivity contribution in [3.63, 3.8) is 0 Å². The Morgan fingerprint density at radius 1 is 1.33 bits per heavy atom. The van der Waals surface area contributed by atoms with Crippen LogP contribution in [0.5, 0.6) is 11.5 Å². The SMILES string of the molecule is CCc1ccc(OCC(C)O)c(OC)c1. The van der Waals surface area contributed by atoms with E-state index in [0.29, 0.717) is 5.75 Å². The van der Waals surface area contributed by atoms with Crippen LogP contribution in [-0.4, -0.2) is 24.9 Å². The average molecular weight is 210 g/mol. The first-order valence-corrected chi connectivity index (χ1v) is 5.15. The van der Waals surface area contributed by atoms with Gasteiger partial charge in [-0.05, 0) is 31.0 Å². The number of hydrogen-bond donors (Lipinski definition) is 1. The molecule has 0 fully saturated rings. The maximum atomic E-state index is 9.11. The topological polar surface area (TPSA) is 38.7 Å². The molecular formula is C12H18O3. The molecule has 0 saturated heterocycles. The summed E-state index contributed by atoms with van der Waals surface area (Å²) in [5.74, 6) is 1.39. The molecule has 3 heteroatoms. The van der Waals surface area contributed by atoms with Gasteiger partial charge in [-0.25, -0.2) is 0 Å². The number of ether oxygens (including phenoxy) is 2. The molecule has 1 rings (SSSR count). The highest BCUT2D eigenvalue weighted by Crippen LogP contribution is 2.28. The number of hydrogen-bond acceptors (Lipinski definition) is 3. The van der Waals surface area contributed by atoms with E-state index < -0.39 is 6.10 Å². The van der Waals surface area contributed by atoms with Crippen molar-refractivity contribution >= 4 is 0 Å². The molecule has 3 nitrogen and oxygen atoms in total. The van der Waals surface area contributed by atoms with Crippen molar-refractivity contribution in [2.75, 3.05) is 13.7 Å². The maximum absolute atomic E-state index is 9.11. The fraction of sp³-hybridized carbons (Fsp3) is 0.500. The fourth-order valence-corrected chi connectivity index (χ4v) is 1.26. The quantitative estimate of drug-likeness (QED) is 0.808. The van der Waals surface area contributed by atoms with E-state index in [9.17, 15) is 0 Å². The van der Waals surface area contributed by atoms with Gasteiger partial charge in [0, 0.05) is 0 Å². The maximum Gasteiger partial charge on any atom is 0.161 e. The van der Waals surface area contributed by atoms with Crippen LogP contribution >= 0.6 is 0 Å². The van der Waals surface area contributed by atoms with E-state index in [2.05, 4.69) is 6.92 Å². The molecule has 1 unspecified atom stereocenters. The summed E-state index contributed by atoms with van der Waals surface area (Å²) in [6.45, 7) is 4.06. The van der Waals surface area contributed by atoms with Crippen molar-refractivity contribution < 1.29 is 14.6 Å². The van der Waals surface area contributed by atoms with Crippen LogP contribution in [-0.2, 0) is 6.42 Å². The second-order valence-electron chi connectivity index (χ2n) is 3.50. The lowest BCUT2D eigenvalue weighted by molar-refractivity contribution is 0.120. The first-order valence-electron chi connectivity index (χ1n) is 5.15. The highest BCUT2D eigenvalue weighted by Gasteiger charge is 2.06. The van der Waals surface area contributed by atoms with Crippen LogP contribution in [0.25, 0.3) is 0 Å². The molecule has 84 valence electrons. The molecule has 0 heterocycles. The monoisotopic (exact) mass is 210 g/mol. The average Bonchev–Trinajstić information content (AvgIpc) is 2.25. The van der Waals surface area contributed by atoms with E-state index in [1.807, 2.05) is 18.2 Å². The van der Waals surface area contributed by atoms with Crippen LogP contribution < -0.4 is 9.47 Å². The summed E-state index contributed by atoms with van der Waals surface area (Å²) < 4.78 is 10.6. The van der Waals surface area contributed by atoms with Gasteiger partial charge in [-0.1, -0.05) is 13.0 Å². The molecule has 0 bridgehead atoms. The lowest BCUT2D eigenvalue weighted by atomic mass is 10.1. The highest BCUT2D eigenvalue weighted by molar-refractivity contribution is 5.42. The Morgan fingerprint density at radius 3 is 2.60 bits per heavy atom. The largest absolute Gasteiger partial charge is 0.493 e. The van der Waals surface area contributed by atoms with Crippen molar-refractivity contribution in [3.8, 4) is 11.5 Å². The van der Waals surface area contributed by atoms with Crippen molar-refractivity contribution in [2.45, 2.75) is 26.4 Å². The molecule has 1 N–H and O–H groups in total. The van der Waals surface area contributed by atoms with E-state index in [0.717, 1.165) is 12.2 Å². The smallest absolute Gasteiger partial charge is 0.161 e. The zero-order chi connectivity index (χ0) is 11.3. The molecule has 0 aliphatic heterocycles. The minimum absolute atomic E-state index is 0.280. The molecule has 0 amide bonds. The molecule has 15 heavy (non-hydrogen) atoms. The van der Waals surface area contributed by atoms with E-state index in [-0.39, 0.29) is 6.61 Å². The summed E-state index contributed by atoms with van der Waals surface area (Å²) in [6.07, 6.45) is 0.494. The number of rotatable bonds is 5. The van der Waals surface area contributed by atoms with Gasteiger partial charge in [-0.15, -0.1) is 0 Å². The zero-order valence-corrected chi connectivity index (χ0v) is 9.49. The number of aliphatic hydroxyl groups is 1. The van der Waals surface area contributed by atoms with Gasteiger partial charge in [-0.3, -0.25) is 0 Å². The molecule has 0 spiro atoms. The third-order valence-electron chi connectivity index (χ3n) is 2.12. The Hall–Kier alpha value is -1.22. The molecule has 0 aliphatic carbocycles. The minimum Gasteiger partial charge on any atom is -0.493 e. The first kappa shape index (κ1) is 11.9. The van der Waals surface area contributed by atoms with E-state index in [1.165, 1.54) is 5.56 Å². The number of aryl methyl sites for hydroxylation is 1. The van der Waals surface area contributed by atoms with Gasteiger partial charge in [-0.2, -0.15) is 0 Å². The van der Waals surface area contributed by atoms with E-state index >= 15 is 0 Å². The third kappa shape index (κ3) is 3.44. The second-order valence-corrected chi connectivity index (χ2v) is 3.50. The Morgan fingerprint density at radius 2 is 2.07 bits per heavy atom. The van der Waals surface area contributed by atoms with Crippen LogP contribution in [0, 0.1) is 0 Å². The van der Waals surface area contributed by atoms with Gasteiger partial charge >= 0.3 is 0 Å². The zero-order valence-electron chi connectivity index (χ0n) is 9.49.